The first kappa shape index (κ1) is 22.1. The topological polar surface area (TPSA) is 139 Å². The number of carboxylic acids is 1. The summed E-state index contributed by atoms with van der Waals surface area (Å²) in [6.45, 7) is 3.29. The van der Waals surface area contributed by atoms with Crippen molar-refractivity contribution in [1.29, 1.82) is 0 Å². The van der Waals surface area contributed by atoms with E-state index in [9.17, 15) is 4.79 Å². The molecule has 3 aromatic heterocycles. The monoisotopic (exact) mass is 469 g/mol. The van der Waals surface area contributed by atoms with Crippen LogP contribution in [0.5, 0.6) is 0 Å². The molecule has 5 aromatic rings. The number of rotatable bonds is 9. The number of hydrogen-bond acceptors (Lipinski definition) is 8. The molecule has 0 amide bonds. The van der Waals surface area contributed by atoms with Crippen molar-refractivity contribution in [3.05, 3.63) is 66.7 Å². The Kier molecular flexibility index (Phi) is 6.12. The summed E-state index contributed by atoms with van der Waals surface area (Å²) >= 11 is 0. The number of carbonyl (C=O) groups is 1. The van der Waals surface area contributed by atoms with Crippen LogP contribution in [0.1, 0.15) is 18.9 Å². The van der Waals surface area contributed by atoms with Gasteiger partial charge < -0.3 is 14.6 Å². The SMILES string of the molecule is CCCN(Cc1ccc(-c2ccccc2-c2nnn[nH]2)cc1)c1ncnc2c1ncn2CC(=O)O. The van der Waals surface area contributed by atoms with Gasteiger partial charge in [0.15, 0.2) is 22.8 Å². The lowest BCUT2D eigenvalue weighted by molar-refractivity contribution is -0.137. The first-order chi connectivity index (χ1) is 17.1. The summed E-state index contributed by atoms with van der Waals surface area (Å²) in [7, 11) is 0. The van der Waals surface area contributed by atoms with E-state index in [4.69, 9.17) is 5.11 Å². The first-order valence-electron chi connectivity index (χ1n) is 11.2. The van der Waals surface area contributed by atoms with E-state index in [0.29, 0.717) is 29.4 Å². The van der Waals surface area contributed by atoms with Crippen LogP contribution in [0, 0.1) is 0 Å². The second-order valence-corrected chi connectivity index (χ2v) is 8.05. The minimum Gasteiger partial charge on any atom is -0.480 e. The highest BCUT2D eigenvalue weighted by Crippen LogP contribution is 2.30. The maximum Gasteiger partial charge on any atom is 0.323 e. The summed E-state index contributed by atoms with van der Waals surface area (Å²) < 4.78 is 1.52. The summed E-state index contributed by atoms with van der Waals surface area (Å²) in [6, 6.07) is 16.3. The lowest BCUT2D eigenvalue weighted by atomic mass is 9.98. The Hall–Kier alpha value is -4.67. The van der Waals surface area contributed by atoms with E-state index in [1.165, 1.54) is 17.2 Å². The predicted molar refractivity (Wildman–Crippen MR) is 129 cm³/mol. The van der Waals surface area contributed by atoms with Gasteiger partial charge in [-0.05, 0) is 33.5 Å². The normalized spacial score (nSPS) is 11.1. The van der Waals surface area contributed by atoms with Gasteiger partial charge in [0.1, 0.15) is 12.9 Å². The molecule has 0 aliphatic rings. The van der Waals surface area contributed by atoms with Crippen LogP contribution in [0.4, 0.5) is 5.82 Å². The van der Waals surface area contributed by atoms with E-state index in [2.05, 4.69) is 71.7 Å². The second-order valence-electron chi connectivity index (χ2n) is 8.05. The Morgan fingerprint density at radius 2 is 1.86 bits per heavy atom. The van der Waals surface area contributed by atoms with Gasteiger partial charge in [-0.1, -0.05) is 55.5 Å². The predicted octanol–water partition coefficient (Wildman–Crippen LogP) is 3.17. The maximum atomic E-state index is 11.2. The van der Waals surface area contributed by atoms with E-state index in [1.54, 1.807) is 0 Å². The smallest absolute Gasteiger partial charge is 0.323 e. The second kappa shape index (κ2) is 9.67. The number of anilines is 1. The zero-order valence-electron chi connectivity index (χ0n) is 19.0. The standard InChI is InChI=1S/C24H23N9O2/c1-2-11-32(23-21-24(26-14-25-23)33(15-27-21)13-20(34)35)12-16-7-9-17(10-8-16)18-5-3-4-6-19(18)22-28-30-31-29-22/h3-10,14-15H,2,11-13H2,1H3,(H,34,35)(H,28,29,30,31). The molecule has 2 N–H and O–H groups in total. The average Bonchev–Trinajstić information content (AvgIpc) is 3.55. The third-order valence-corrected chi connectivity index (χ3v) is 5.65. The van der Waals surface area contributed by atoms with Gasteiger partial charge in [0.05, 0.1) is 6.33 Å². The quantitative estimate of drug-likeness (QED) is 0.333. The molecule has 176 valence electrons. The number of nitrogens with zero attached hydrogens (tertiary/aromatic N) is 8. The molecule has 5 rings (SSSR count). The molecule has 0 spiro atoms. The summed E-state index contributed by atoms with van der Waals surface area (Å²) in [6.07, 6.45) is 3.87. The Balaban J connectivity index is 1.43. The molecule has 0 aliphatic carbocycles. The molecular weight excluding hydrogens is 446 g/mol. The number of H-pyrrole nitrogens is 1. The Morgan fingerprint density at radius 1 is 1.06 bits per heavy atom. The van der Waals surface area contributed by atoms with Crippen LogP contribution in [-0.2, 0) is 17.9 Å². The number of nitrogens with one attached hydrogen (secondary N) is 1. The lowest BCUT2D eigenvalue weighted by Gasteiger charge is -2.23. The fraction of sp³-hybridized carbons (Fsp3) is 0.208. The van der Waals surface area contributed by atoms with Crippen LogP contribution in [0.3, 0.4) is 0 Å². The number of hydrogen-bond donors (Lipinski definition) is 2. The third-order valence-electron chi connectivity index (χ3n) is 5.65. The van der Waals surface area contributed by atoms with Crippen LogP contribution in [0.15, 0.2) is 61.2 Å². The van der Waals surface area contributed by atoms with Crippen molar-refractivity contribution in [2.45, 2.75) is 26.4 Å². The number of tetrazole rings is 1. The first-order valence-corrected chi connectivity index (χ1v) is 11.2. The van der Waals surface area contributed by atoms with Crippen molar-refractivity contribution in [1.82, 2.24) is 40.1 Å². The highest BCUT2D eigenvalue weighted by atomic mass is 16.4. The van der Waals surface area contributed by atoms with Crippen LogP contribution >= 0.6 is 0 Å². The number of aromatic nitrogens is 8. The van der Waals surface area contributed by atoms with Gasteiger partial charge in [0, 0.05) is 18.7 Å². The van der Waals surface area contributed by atoms with Crippen molar-refractivity contribution in [3.8, 4) is 22.5 Å². The zero-order chi connectivity index (χ0) is 24.2. The molecule has 3 heterocycles. The number of carboxylic acid groups (broad SMARTS) is 1. The Morgan fingerprint density at radius 3 is 2.57 bits per heavy atom. The molecule has 0 aliphatic heterocycles. The summed E-state index contributed by atoms with van der Waals surface area (Å²) in [5, 5.41) is 23.4. The van der Waals surface area contributed by atoms with Gasteiger partial charge >= 0.3 is 5.97 Å². The lowest BCUT2D eigenvalue weighted by Crippen LogP contribution is -2.25. The number of fused-ring (bicyclic) bond motifs is 1. The average molecular weight is 470 g/mol. The van der Waals surface area contributed by atoms with E-state index in [1.807, 2.05) is 24.3 Å². The van der Waals surface area contributed by atoms with Crippen LogP contribution in [0.25, 0.3) is 33.7 Å². The van der Waals surface area contributed by atoms with Crippen LogP contribution in [0.2, 0.25) is 0 Å². The molecule has 0 fully saturated rings. The zero-order valence-corrected chi connectivity index (χ0v) is 19.0. The molecule has 0 unspecified atom stereocenters. The molecule has 11 nitrogen and oxygen atoms in total. The Bertz CT molecular complexity index is 1450. The molecular formula is C24H23N9O2. The summed E-state index contributed by atoms with van der Waals surface area (Å²) in [5.41, 5.74) is 5.22. The highest BCUT2D eigenvalue weighted by molar-refractivity contribution is 5.84. The molecule has 0 saturated carbocycles. The summed E-state index contributed by atoms with van der Waals surface area (Å²) in [5.74, 6) is 0.359. The van der Waals surface area contributed by atoms with Crippen LogP contribution in [-0.4, -0.2) is 57.8 Å². The minimum absolute atomic E-state index is 0.201. The number of aromatic amines is 1. The fourth-order valence-corrected chi connectivity index (χ4v) is 4.12. The molecule has 11 heteroatoms. The molecule has 35 heavy (non-hydrogen) atoms. The fourth-order valence-electron chi connectivity index (χ4n) is 4.12. The van der Waals surface area contributed by atoms with Crippen LogP contribution < -0.4 is 4.90 Å². The number of imidazole rings is 1. The van der Waals surface area contributed by atoms with Crippen molar-refractivity contribution < 1.29 is 9.90 Å². The summed E-state index contributed by atoms with van der Waals surface area (Å²) in [4.78, 5) is 26.5. The van der Waals surface area contributed by atoms with E-state index >= 15 is 0 Å². The maximum absolute atomic E-state index is 11.2. The van der Waals surface area contributed by atoms with Gasteiger partial charge in [-0.15, -0.1) is 5.10 Å². The minimum atomic E-state index is -0.948. The van der Waals surface area contributed by atoms with E-state index < -0.39 is 5.97 Å². The van der Waals surface area contributed by atoms with Gasteiger partial charge in [-0.25, -0.2) is 20.1 Å². The highest BCUT2D eigenvalue weighted by Gasteiger charge is 2.17. The van der Waals surface area contributed by atoms with E-state index in [-0.39, 0.29) is 6.54 Å². The van der Waals surface area contributed by atoms with Gasteiger partial charge in [-0.3, -0.25) is 4.79 Å². The van der Waals surface area contributed by atoms with Gasteiger partial charge in [-0.2, -0.15) is 0 Å². The molecule has 2 aromatic carbocycles. The Labute approximate surface area is 200 Å². The third kappa shape index (κ3) is 4.56. The van der Waals surface area contributed by atoms with Gasteiger partial charge in [0.2, 0.25) is 0 Å². The molecule has 0 atom stereocenters. The number of benzene rings is 2. The molecule has 0 saturated heterocycles. The molecule has 0 radical (unpaired) electrons. The van der Waals surface area contributed by atoms with Gasteiger partial charge in [0.25, 0.3) is 0 Å². The van der Waals surface area contributed by atoms with Crippen molar-refractivity contribution in [2.75, 3.05) is 11.4 Å². The van der Waals surface area contributed by atoms with Crippen molar-refractivity contribution >= 4 is 23.0 Å². The molecule has 0 bridgehead atoms. The van der Waals surface area contributed by atoms with Crippen molar-refractivity contribution in [2.24, 2.45) is 0 Å². The van der Waals surface area contributed by atoms with Crippen molar-refractivity contribution in [3.63, 3.8) is 0 Å². The largest absolute Gasteiger partial charge is 0.480 e. The van der Waals surface area contributed by atoms with E-state index in [0.717, 1.165) is 35.2 Å². The number of aliphatic carboxylic acids is 1.